The molecule has 0 spiro atoms. The first-order valence-electron chi connectivity index (χ1n) is 5.14. The van der Waals surface area contributed by atoms with Crippen LogP contribution in [0.4, 0.5) is 5.13 Å². The molecule has 1 N–H and O–H groups in total. The van der Waals surface area contributed by atoms with Crippen LogP contribution in [0.3, 0.4) is 0 Å². The van der Waals surface area contributed by atoms with Gasteiger partial charge in [0.2, 0.25) is 0 Å². The number of esters is 1. The van der Waals surface area contributed by atoms with Crippen molar-refractivity contribution in [3.05, 3.63) is 11.1 Å². The number of thiazole rings is 1. The molecule has 0 saturated heterocycles. The van der Waals surface area contributed by atoms with E-state index < -0.39 is 11.9 Å². The largest absolute Gasteiger partial charge is 0.459 e. The van der Waals surface area contributed by atoms with Crippen LogP contribution in [0, 0.1) is 0 Å². The monoisotopic (exact) mass is 240 g/mol. The molecule has 0 unspecified atom stereocenters. The van der Waals surface area contributed by atoms with Gasteiger partial charge in [0, 0.05) is 11.3 Å². The van der Waals surface area contributed by atoms with E-state index in [1.165, 1.54) is 11.3 Å². The van der Waals surface area contributed by atoms with E-state index in [2.05, 4.69) is 15.0 Å². The lowest BCUT2D eigenvalue weighted by Gasteiger charge is -2.00. The van der Waals surface area contributed by atoms with Crippen molar-refractivity contribution in [2.24, 2.45) is 0 Å². The Bertz CT molecular complexity index is 412. The van der Waals surface area contributed by atoms with Crippen molar-refractivity contribution in [3.63, 3.8) is 0 Å². The standard InChI is InChI=1S/C10H12N2O3S/c1-2-15-9(14)8(13)12-10-11-7(5-16-10)6-3-4-6/h5-6H,2-4H2,1H3,(H,11,12,13). The van der Waals surface area contributed by atoms with Crippen LogP contribution < -0.4 is 5.32 Å². The van der Waals surface area contributed by atoms with E-state index in [9.17, 15) is 9.59 Å². The Morgan fingerprint density at radius 2 is 2.38 bits per heavy atom. The van der Waals surface area contributed by atoms with E-state index >= 15 is 0 Å². The van der Waals surface area contributed by atoms with E-state index in [1.54, 1.807) is 6.92 Å². The molecule has 0 atom stereocenters. The second-order valence-corrected chi connectivity index (χ2v) is 4.38. The van der Waals surface area contributed by atoms with Gasteiger partial charge in [-0.3, -0.25) is 10.1 Å². The molecule has 1 saturated carbocycles. The Morgan fingerprint density at radius 3 is 3.00 bits per heavy atom. The number of carbonyl (C=O) groups is 2. The van der Waals surface area contributed by atoms with E-state index in [0.29, 0.717) is 11.0 Å². The van der Waals surface area contributed by atoms with Crippen molar-refractivity contribution in [3.8, 4) is 0 Å². The fraction of sp³-hybridized carbons (Fsp3) is 0.500. The average Bonchev–Trinajstić information content (AvgIpc) is 3.01. The molecule has 1 heterocycles. The molecule has 1 aromatic heterocycles. The molecule has 1 aliphatic carbocycles. The third kappa shape index (κ3) is 2.57. The fourth-order valence-electron chi connectivity index (χ4n) is 1.25. The van der Waals surface area contributed by atoms with Gasteiger partial charge in [0.1, 0.15) is 0 Å². The van der Waals surface area contributed by atoms with E-state index in [1.807, 2.05) is 5.38 Å². The van der Waals surface area contributed by atoms with Gasteiger partial charge < -0.3 is 4.74 Å². The maximum Gasteiger partial charge on any atom is 0.397 e. The maximum absolute atomic E-state index is 11.3. The Morgan fingerprint density at radius 1 is 1.62 bits per heavy atom. The van der Waals surface area contributed by atoms with Gasteiger partial charge in [-0.25, -0.2) is 9.78 Å². The first kappa shape index (κ1) is 11.1. The molecule has 0 radical (unpaired) electrons. The minimum Gasteiger partial charge on any atom is -0.459 e. The third-order valence-corrected chi connectivity index (χ3v) is 2.97. The summed E-state index contributed by atoms with van der Waals surface area (Å²) in [7, 11) is 0. The summed E-state index contributed by atoms with van der Waals surface area (Å²) in [5.41, 5.74) is 1.00. The summed E-state index contributed by atoms with van der Waals surface area (Å²) in [4.78, 5) is 26.6. The van der Waals surface area contributed by atoms with Crippen molar-refractivity contribution >= 4 is 28.3 Å². The molecule has 0 bridgehead atoms. The Balaban J connectivity index is 1.92. The summed E-state index contributed by atoms with van der Waals surface area (Å²) in [5.74, 6) is -1.09. The first-order chi connectivity index (χ1) is 7.70. The predicted octanol–water partition coefficient (Wildman–Crippen LogP) is 1.52. The van der Waals surface area contributed by atoms with Crippen molar-refractivity contribution in [2.45, 2.75) is 25.7 Å². The van der Waals surface area contributed by atoms with E-state index in [4.69, 9.17) is 0 Å². The molecule has 1 amide bonds. The third-order valence-electron chi connectivity index (χ3n) is 2.20. The molecule has 16 heavy (non-hydrogen) atoms. The Labute approximate surface area is 96.8 Å². The average molecular weight is 240 g/mol. The molecule has 5 nitrogen and oxygen atoms in total. The molecule has 1 aromatic rings. The molecule has 0 aliphatic heterocycles. The van der Waals surface area contributed by atoms with Crippen molar-refractivity contribution in [2.75, 3.05) is 11.9 Å². The number of ether oxygens (including phenoxy) is 1. The first-order valence-corrected chi connectivity index (χ1v) is 6.02. The molecule has 1 aliphatic rings. The zero-order chi connectivity index (χ0) is 11.5. The normalized spacial score (nSPS) is 14.6. The zero-order valence-electron chi connectivity index (χ0n) is 8.86. The number of hydrogen-bond donors (Lipinski definition) is 1. The smallest absolute Gasteiger partial charge is 0.397 e. The number of anilines is 1. The highest BCUT2D eigenvalue weighted by Crippen LogP contribution is 2.40. The van der Waals surface area contributed by atoms with Crippen LogP contribution in [-0.4, -0.2) is 23.5 Å². The molecule has 1 fully saturated rings. The highest BCUT2D eigenvalue weighted by atomic mass is 32.1. The Hall–Kier alpha value is -1.43. The lowest BCUT2D eigenvalue weighted by atomic mass is 10.3. The van der Waals surface area contributed by atoms with Crippen LogP contribution in [-0.2, 0) is 14.3 Å². The number of aromatic nitrogens is 1. The van der Waals surface area contributed by atoms with E-state index in [-0.39, 0.29) is 6.61 Å². The second-order valence-electron chi connectivity index (χ2n) is 3.53. The summed E-state index contributed by atoms with van der Waals surface area (Å²) in [6.07, 6.45) is 2.32. The topological polar surface area (TPSA) is 68.3 Å². The second kappa shape index (κ2) is 4.61. The summed E-state index contributed by atoms with van der Waals surface area (Å²) in [6.45, 7) is 1.84. The van der Waals surface area contributed by atoms with Gasteiger partial charge >= 0.3 is 11.9 Å². The summed E-state index contributed by atoms with van der Waals surface area (Å²) >= 11 is 1.33. The van der Waals surface area contributed by atoms with Gasteiger partial charge in [-0.15, -0.1) is 11.3 Å². The lowest BCUT2D eigenvalue weighted by Crippen LogP contribution is -2.24. The van der Waals surface area contributed by atoms with Gasteiger partial charge in [0.25, 0.3) is 0 Å². The molecule has 86 valence electrons. The van der Waals surface area contributed by atoms with Crippen LogP contribution in [0.2, 0.25) is 0 Å². The zero-order valence-corrected chi connectivity index (χ0v) is 9.67. The van der Waals surface area contributed by atoms with Crippen LogP contribution in [0.15, 0.2) is 5.38 Å². The molecule has 2 rings (SSSR count). The summed E-state index contributed by atoms with van der Waals surface area (Å²) in [6, 6.07) is 0. The van der Waals surface area contributed by atoms with E-state index in [0.717, 1.165) is 18.5 Å². The number of nitrogens with zero attached hydrogens (tertiary/aromatic N) is 1. The van der Waals surface area contributed by atoms with Crippen LogP contribution >= 0.6 is 11.3 Å². The van der Waals surface area contributed by atoms with Crippen LogP contribution in [0.1, 0.15) is 31.4 Å². The number of nitrogens with one attached hydrogen (secondary N) is 1. The van der Waals surface area contributed by atoms with Gasteiger partial charge in [0.15, 0.2) is 5.13 Å². The molecular weight excluding hydrogens is 228 g/mol. The summed E-state index contributed by atoms with van der Waals surface area (Å²) in [5, 5.41) is 4.80. The minimum absolute atomic E-state index is 0.192. The number of hydrogen-bond acceptors (Lipinski definition) is 5. The maximum atomic E-state index is 11.3. The number of rotatable bonds is 3. The van der Waals surface area contributed by atoms with Crippen LogP contribution in [0.25, 0.3) is 0 Å². The van der Waals surface area contributed by atoms with Crippen LogP contribution in [0.5, 0.6) is 0 Å². The molecular formula is C10H12N2O3S. The fourth-order valence-corrected chi connectivity index (χ4v) is 2.04. The molecule has 0 aromatic carbocycles. The highest BCUT2D eigenvalue weighted by molar-refractivity contribution is 7.14. The van der Waals surface area contributed by atoms with Crippen molar-refractivity contribution in [1.82, 2.24) is 4.98 Å². The van der Waals surface area contributed by atoms with Gasteiger partial charge in [-0.2, -0.15) is 0 Å². The predicted molar refractivity (Wildman–Crippen MR) is 59.4 cm³/mol. The quantitative estimate of drug-likeness (QED) is 0.642. The van der Waals surface area contributed by atoms with Gasteiger partial charge in [-0.05, 0) is 19.8 Å². The highest BCUT2D eigenvalue weighted by Gasteiger charge is 2.26. The van der Waals surface area contributed by atoms with Crippen molar-refractivity contribution in [1.29, 1.82) is 0 Å². The molecule has 6 heteroatoms. The minimum atomic E-state index is -0.870. The lowest BCUT2D eigenvalue weighted by molar-refractivity contribution is -0.152. The number of carbonyl (C=O) groups excluding carboxylic acids is 2. The van der Waals surface area contributed by atoms with Gasteiger partial charge in [0.05, 0.1) is 12.3 Å². The SMILES string of the molecule is CCOC(=O)C(=O)Nc1nc(C2CC2)cs1. The number of amides is 1. The van der Waals surface area contributed by atoms with Crippen molar-refractivity contribution < 1.29 is 14.3 Å². The van der Waals surface area contributed by atoms with Gasteiger partial charge in [-0.1, -0.05) is 0 Å². The summed E-state index contributed by atoms with van der Waals surface area (Å²) < 4.78 is 4.57. The Kier molecular flexibility index (Phi) is 3.19.